The molecule has 158 valence electrons. The minimum Gasteiger partial charge on any atom is -0.487 e. The summed E-state index contributed by atoms with van der Waals surface area (Å²) in [6.45, 7) is 8.25. The maximum absolute atomic E-state index is 11.4. The zero-order valence-electron chi connectivity index (χ0n) is 17.8. The predicted octanol–water partition coefficient (Wildman–Crippen LogP) is 4.88. The Morgan fingerprint density at radius 3 is 2.50 bits per heavy atom. The van der Waals surface area contributed by atoms with Crippen LogP contribution in [0.25, 0.3) is 11.5 Å². The van der Waals surface area contributed by atoms with E-state index < -0.39 is 12.1 Å². The number of nitrogens with zero attached hydrogens (tertiary/aromatic N) is 1. The van der Waals surface area contributed by atoms with Crippen LogP contribution in [0.15, 0.2) is 46.9 Å². The summed E-state index contributed by atoms with van der Waals surface area (Å²) in [5.41, 5.74) is 4.57. The molecule has 0 saturated heterocycles. The molecule has 1 unspecified atom stereocenters. The zero-order chi connectivity index (χ0) is 21.7. The van der Waals surface area contributed by atoms with E-state index in [0.29, 0.717) is 25.5 Å². The lowest BCUT2D eigenvalue weighted by atomic mass is 9.97. The molecule has 1 N–H and O–H groups in total. The molecule has 0 saturated carbocycles. The van der Waals surface area contributed by atoms with Crippen molar-refractivity contribution >= 4 is 5.97 Å². The highest BCUT2D eigenvalue weighted by molar-refractivity contribution is 5.73. The van der Waals surface area contributed by atoms with Crippen molar-refractivity contribution in [2.24, 2.45) is 0 Å². The van der Waals surface area contributed by atoms with Gasteiger partial charge in [-0.3, -0.25) is 0 Å². The normalized spacial score (nSPS) is 12.0. The van der Waals surface area contributed by atoms with Crippen LogP contribution in [-0.4, -0.2) is 28.8 Å². The van der Waals surface area contributed by atoms with Gasteiger partial charge in [0.25, 0.3) is 0 Å². The highest BCUT2D eigenvalue weighted by atomic mass is 16.5. The number of carboxylic acids is 1. The van der Waals surface area contributed by atoms with E-state index in [1.54, 1.807) is 6.92 Å². The van der Waals surface area contributed by atoms with Gasteiger partial charge in [0.2, 0.25) is 5.89 Å². The van der Waals surface area contributed by atoms with Gasteiger partial charge < -0.3 is 19.0 Å². The number of benzene rings is 2. The van der Waals surface area contributed by atoms with Crippen LogP contribution in [0.5, 0.6) is 5.75 Å². The maximum Gasteiger partial charge on any atom is 0.333 e. The monoisotopic (exact) mass is 409 g/mol. The first-order chi connectivity index (χ1) is 14.4. The molecular weight excluding hydrogens is 382 g/mol. The Labute approximate surface area is 176 Å². The fraction of sp³-hybridized carbons (Fsp3) is 0.333. The molecule has 30 heavy (non-hydrogen) atoms. The molecule has 0 aliphatic carbocycles. The molecular formula is C24H27NO5. The molecule has 0 aliphatic heterocycles. The van der Waals surface area contributed by atoms with Gasteiger partial charge in [-0.05, 0) is 62.6 Å². The summed E-state index contributed by atoms with van der Waals surface area (Å²) < 4.78 is 17.1. The third-order valence-corrected chi connectivity index (χ3v) is 5.18. The van der Waals surface area contributed by atoms with Crippen LogP contribution < -0.4 is 4.74 Å². The quantitative estimate of drug-likeness (QED) is 0.542. The Morgan fingerprint density at radius 2 is 1.83 bits per heavy atom. The fourth-order valence-electron chi connectivity index (χ4n) is 3.26. The van der Waals surface area contributed by atoms with Crippen molar-refractivity contribution in [1.29, 1.82) is 0 Å². The second-order valence-corrected chi connectivity index (χ2v) is 7.14. The van der Waals surface area contributed by atoms with E-state index in [1.807, 2.05) is 63.2 Å². The summed E-state index contributed by atoms with van der Waals surface area (Å²) in [4.78, 5) is 16.0. The summed E-state index contributed by atoms with van der Waals surface area (Å²) >= 11 is 0. The molecule has 3 aromatic rings. The molecule has 0 spiro atoms. The summed E-state index contributed by atoms with van der Waals surface area (Å²) in [5, 5.41) is 9.34. The van der Waals surface area contributed by atoms with Crippen LogP contribution in [0.2, 0.25) is 0 Å². The molecule has 0 bridgehead atoms. The number of ether oxygens (including phenoxy) is 2. The molecule has 0 radical (unpaired) electrons. The van der Waals surface area contributed by atoms with Gasteiger partial charge in [-0.25, -0.2) is 9.78 Å². The highest BCUT2D eigenvalue weighted by Gasteiger charge is 2.20. The Balaban J connectivity index is 1.73. The van der Waals surface area contributed by atoms with E-state index in [9.17, 15) is 9.90 Å². The SMILES string of the molecule is CCOC(Cc1ccc(OCc2nc(-c3ccccc3)oc2C)c(C)c1C)C(=O)O. The first-order valence-electron chi connectivity index (χ1n) is 9.98. The lowest BCUT2D eigenvalue weighted by molar-refractivity contribution is -0.149. The van der Waals surface area contributed by atoms with Gasteiger partial charge >= 0.3 is 5.97 Å². The van der Waals surface area contributed by atoms with Crippen LogP contribution in [-0.2, 0) is 22.6 Å². The van der Waals surface area contributed by atoms with Crippen molar-refractivity contribution in [1.82, 2.24) is 4.98 Å². The largest absolute Gasteiger partial charge is 0.487 e. The predicted molar refractivity (Wildman–Crippen MR) is 114 cm³/mol. The maximum atomic E-state index is 11.4. The Kier molecular flexibility index (Phi) is 6.90. The number of carbonyl (C=O) groups is 1. The third-order valence-electron chi connectivity index (χ3n) is 5.18. The molecule has 1 aromatic heterocycles. The molecule has 0 amide bonds. The van der Waals surface area contributed by atoms with Crippen molar-refractivity contribution in [3.63, 3.8) is 0 Å². The topological polar surface area (TPSA) is 81.8 Å². The van der Waals surface area contributed by atoms with E-state index in [-0.39, 0.29) is 0 Å². The molecule has 6 heteroatoms. The van der Waals surface area contributed by atoms with Gasteiger partial charge in [-0.2, -0.15) is 0 Å². The highest BCUT2D eigenvalue weighted by Crippen LogP contribution is 2.27. The van der Waals surface area contributed by atoms with E-state index >= 15 is 0 Å². The lowest BCUT2D eigenvalue weighted by Crippen LogP contribution is -2.26. The Morgan fingerprint density at radius 1 is 1.10 bits per heavy atom. The van der Waals surface area contributed by atoms with Crippen LogP contribution in [0.1, 0.15) is 35.1 Å². The van der Waals surface area contributed by atoms with E-state index in [4.69, 9.17) is 13.9 Å². The molecule has 2 aromatic carbocycles. The van der Waals surface area contributed by atoms with Crippen molar-refractivity contribution in [3.05, 3.63) is 70.6 Å². The molecule has 1 heterocycles. The van der Waals surface area contributed by atoms with Gasteiger partial charge in [-0.1, -0.05) is 24.3 Å². The van der Waals surface area contributed by atoms with Gasteiger partial charge in [-0.15, -0.1) is 0 Å². The number of hydrogen-bond donors (Lipinski definition) is 1. The van der Waals surface area contributed by atoms with Crippen LogP contribution >= 0.6 is 0 Å². The molecule has 1 atom stereocenters. The van der Waals surface area contributed by atoms with Crippen LogP contribution in [0, 0.1) is 20.8 Å². The number of oxazole rings is 1. The van der Waals surface area contributed by atoms with Gasteiger partial charge in [0, 0.05) is 18.6 Å². The summed E-state index contributed by atoms with van der Waals surface area (Å²) in [6, 6.07) is 13.5. The van der Waals surface area contributed by atoms with Gasteiger partial charge in [0.1, 0.15) is 23.8 Å². The first-order valence-corrected chi connectivity index (χ1v) is 9.98. The molecule has 6 nitrogen and oxygen atoms in total. The number of hydrogen-bond acceptors (Lipinski definition) is 5. The first kappa shape index (κ1) is 21.6. The minimum atomic E-state index is -0.954. The summed E-state index contributed by atoms with van der Waals surface area (Å²) in [7, 11) is 0. The van der Waals surface area contributed by atoms with Crippen molar-refractivity contribution in [2.45, 2.75) is 46.8 Å². The van der Waals surface area contributed by atoms with Crippen LogP contribution in [0.3, 0.4) is 0 Å². The molecule has 0 fully saturated rings. The summed E-state index contributed by atoms with van der Waals surface area (Å²) in [6.07, 6.45) is -0.534. The molecule has 3 rings (SSSR count). The Hall–Kier alpha value is -3.12. The second kappa shape index (κ2) is 9.59. The van der Waals surface area contributed by atoms with Gasteiger partial charge in [0.05, 0.1) is 0 Å². The number of rotatable bonds is 9. The standard InChI is InChI=1S/C24H27NO5/c1-5-28-22(24(26)27)13-19-11-12-21(16(3)15(19)2)29-14-20-17(4)30-23(25-20)18-9-7-6-8-10-18/h6-12,22H,5,13-14H2,1-4H3,(H,26,27). The van der Waals surface area contributed by atoms with Crippen LogP contribution in [0.4, 0.5) is 0 Å². The van der Waals surface area contributed by atoms with Crippen molar-refractivity contribution in [2.75, 3.05) is 6.61 Å². The van der Waals surface area contributed by atoms with E-state index in [0.717, 1.165) is 39.5 Å². The van der Waals surface area contributed by atoms with Crippen molar-refractivity contribution < 1.29 is 23.8 Å². The average molecular weight is 409 g/mol. The van der Waals surface area contributed by atoms with Gasteiger partial charge in [0.15, 0.2) is 6.10 Å². The van der Waals surface area contributed by atoms with E-state index in [1.165, 1.54) is 0 Å². The Bertz CT molecular complexity index is 1010. The van der Waals surface area contributed by atoms with E-state index in [2.05, 4.69) is 4.98 Å². The molecule has 0 aliphatic rings. The second-order valence-electron chi connectivity index (χ2n) is 7.14. The smallest absolute Gasteiger partial charge is 0.333 e. The average Bonchev–Trinajstić information content (AvgIpc) is 3.11. The summed E-state index contributed by atoms with van der Waals surface area (Å²) in [5.74, 6) is 1.08. The fourth-order valence-corrected chi connectivity index (χ4v) is 3.26. The third kappa shape index (κ3) is 4.89. The zero-order valence-corrected chi connectivity index (χ0v) is 17.8. The number of aromatic nitrogens is 1. The number of aliphatic carboxylic acids is 1. The number of carboxylic acid groups (broad SMARTS) is 1. The number of aryl methyl sites for hydroxylation is 1. The lowest BCUT2D eigenvalue weighted by Gasteiger charge is -2.17. The van der Waals surface area contributed by atoms with Crippen molar-refractivity contribution in [3.8, 4) is 17.2 Å². The minimum absolute atomic E-state index is 0.290.